The molecule has 5 heteroatoms. The summed E-state index contributed by atoms with van der Waals surface area (Å²) in [5.74, 6) is -0.277. The molecule has 1 aliphatic rings. The molecule has 1 aromatic carbocycles. The van der Waals surface area contributed by atoms with Crippen LogP contribution in [0.3, 0.4) is 0 Å². The first-order chi connectivity index (χ1) is 11.3. The summed E-state index contributed by atoms with van der Waals surface area (Å²) in [5, 5.41) is 8.98. The van der Waals surface area contributed by atoms with Crippen LogP contribution in [0.4, 0.5) is 0 Å². The van der Waals surface area contributed by atoms with Crippen molar-refractivity contribution in [1.82, 2.24) is 4.90 Å². The Morgan fingerprint density at radius 2 is 1.75 bits per heavy atom. The second-order valence-electron chi connectivity index (χ2n) is 7.37. The maximum atomic E-state index is 12.1. The van der Waals surface area contributed by atoms with E-state index in [1.807, 2.05) is 24.3 Å². The zero-order valence-electron chi connectivity index (χ0n) is 14.7. The number of carboxylic acids is 1. The molecule has 5 nitrogen and oxygen atoms in total. The fraction of sp³-hybridized carbons (Fsp3) is 0.579. The first-order valence-corrected chi connectivity index (χ1v) is 8.51. The molecular formula is C19H27NO4. The molecule has 1 aromatic rings. The number of ether oxygens (including phenoxy) is 1. The van der Waals surface area contributed by atoms with Gasteiger partial charge in [-0.3, -0.25) is 9.59 Å². The van der Waals surface area contributed by atoms with Gasteiger partial charge in [0.1, 0.15) is 5.75 Å². The minimum absolute atomic E-state index is 0.0325. The maximum Gasteiger partial charge on any atom is 0.306 e. The molecule has 1 N–H and O–H groups in total. The monoisotopic (exact) mass is 333 g/mol. The van der Waals surface area contributed by atoms with E-state index in [0.29, 0.717) is 39.0 Å². The molecule has 0 bridgehead atoms. The van der Waals surface area contributed by atoms with Crippen LogP contribution >= 0.6 is 0 Å². The van der Waals surface area contributed by atoms with Crippen LogP contribution in [0, 0.1) is 5.92 Å². The number of hydrogen-bond donors (Lipinski definition) is 1. The molecule has 0 unspecified atom stereocenters. The van der Waals surface area contributed by atoms with Crippen molar-refractivity contribution in [1.29, 1.82) is 0 Å². The van der Waals surface area contributed by atoms with E-state index in [9.17, 15) is 9.59 Å². The van der Waals surface area contributed by atoms with E-state index in [1.165, 1.54) is 5.56 Å². The number of carboxylic acid groups (broad SMARTS) is 1. The van der Waals surface area contributed by atoms with E-state index in [4.69, 9.17) is 9.84 Å². The lowest BCUT2D eigenvalue weighted by Crippen LogP contribution is -2.40. The summed E-state index contributed by atoms with van der Waals surface area (Å²) in [6.45, 7) is 7.87. The summed E-state index contributed by atoms with van der Waals surface area (Å²) < 4.78 is 5.65. The van der Waals surface area contributed by atoms with Crippen LogP contribution in [-0.2, 0) is 15.0 Å². The highest BCUT2D eigenvalue weighted by atomic mass is 16.5. The van der Waals surface area contributed by atoms with Gasteiger partial charge in [-0.1, -0.05) is 32.9 Å². The Balaban J connectivity index is 1.74. The lowest BCUT2D eigenvalue weighted by molar-refractivity contribution is -0.145. The van der Waals surface area contributed by atoms with Crippen LogP contribution in [0.1, 0.15) is 45.6 Å². The summed E-state index contributed by atoms with van der Waals surface area (Å²) in [6, 6.07) is 7.97. The third-order valence-corrected chi connectivity index (χ3v) is 4.50. The van der Waals surface area contributed by atoms with Gasteiger partial charge >= 0.3 is 5.97 Å². The van der Waals surface area contributed by atoms with Gasteiger partial charge in [-0.2, -0.15) is 0 Å². The largest absolute Gasteiger partial charge is 0.493 e. The highest BCUT2D eigenvalue weighted by molar-refractivity contribution is 5.77. The lowest BCUT2D eigenvalue weighted by atomic mass is 9.87. The second-order valence-corrected chi connectivity index (χ2v) is 7.37. The molecular weight excluding hydrogens is 306 g/mol. The molecule has 0 saturated carbocycles. The number of piperidine rings is 1. The van der Waals surface area contributed by atoms with Crippen LogP contribution in [0.2, 0.25) is 0 Å². The molecule has 1 aliphatic heterocycles. The number of nitrogens with zero attached hydrogens (tertiary/aromatic N) is 1. The minimum Gasteiger partial charge on any atom is -0.493 e. The van der Waals surface area contributed by atoms with Gasteiger partial charge in [0.05, 0.1) is 18.9 Å². The summed E-state index contributed by atoms with van der Waals surface area (Å²) in [6.07, 6.45) is 1.39. The first-order valence-electron chi connectivity index (χ1n) is 8.51. The van der Waals surface area contributed by atoms with Crippen molar-refractivity contribution in [2.24, 2.45) is 5.92 Å². The van der Waals surface area contributed by atoms with E-state index >= 15 is 0 Å². The second kappa shape index (κ2) is 7.69. The quantitative estimate of drug-likeness (QED) is 0.899. The zero-order valence-corrected chi connectivity index (χ0v) is 14.7. The number of benzene rings is 1. The molecule has 2 rings (SSSR count). The Kier molecular flexibility index (Phi) is 5.86. The van der Waals surface area contributed by atoms with Crippen molar-refractivity contribution in [3.63, 3.8) is 0 Å². The van der Waals surface area contributed by atoms with E-state index in [-0.39, 0.29) is 17.2 Å². The molecule has 0 aromatic heterocycles. The summed E-state index contributed by atoms with van der Waals surface area (Å²) in [4.78, 5) is 24.8. The van der Waals surface area contributed by atoms with Gasteiger partial charge in [0.15, 0.2) is 0 Å². The van der Waals surface area contributed by atoms with Crippen molar-refractivity contribution < 1.29 is 19.4 Å². The van der Waals surface area contributed by atoms with Gasteiger partial charge in [-0.15, -0.1) is 0 Å². The van der Waals surface area contributed by atoms with Crippen LogP contribution in [0.25, 0.3) is 0 Å². The number of aliphatic carboxylic acids is 1. The fourth-order valence-electron chi connectivity index (χ4n) is 2.84. The summed E-state index contributed by atoms with van der Waals surface area (Å²) >= 11 is 0. The molecule has 0 radical (unpaired) electrons. The van der Waals surface area contributed by atoms with E-state index < -0.39 is 5.97 Å². The number of amides is 1. The Hall–Kier alpha value is -2.04. The van der Waals surface area contributed by atoms with Gasteiger partial charge in [0.25, 0.3) is 0 Å². The van der Waals surface area contributed by atoms with Crippen molar-refractivity contribution in [2.75, 3.05) is 19.7 Å². The van der Waals surface area contributed by atoms with Crippen LogP contribution in [-0.4, -0.2) is 41.6 Å². The normalized spacial score (nSPS) is 16.0. The zero-order chi connectivity index (χ0) is 17.7. The van der Waals surface area contributed by atoms with Crippen LogP contribution in [0.15, 0.2) is 24.3 Å². The Morgan fingerprint density at radius 3 is 2.25 bits per heavy atom. The highest BCUT2D eigenvalue weighted by Crippen LogP contribution is 2.24. The number of rotatable bonds is 5. The summed E-state index contributed by atoms with van der Waals surface area (Å²) in [7, 11) is 0. The fourth-order valence-corrected chi connectivity index (χ4v) is 2.84. The number of carbonyl (C=O) groups excluding carboxylic acids is 1. The van der Waals surface area contributed by atoms with E-state index in [1.54, 1.807) is 4.90 Å². The third kappa shape index (κ3) is 4.98. The van der Waals surface area contributed by atoms with Gasteiger partial charge in [0.2, 0.25) is 5.91 Å². The van der Waals surface area contributed by atoms with Crippen molar-refractivity contribution in [3.8, 4) is 5.75 Å². The molecule has 132 valence electrons. The van der Waals surface area contributed by atoms with Crippen molar-refractivity contribution in [3.05, 3.63) is 29.8 Å². The SMILES string of the molecule is CC(C)(C)c1ccc(OCCC(=O)N2CCC(C(=O)O)CC2)cc1. The smallest absolute Gasteiger partial charge is 0.306 e. The average molecular weight is 333 g/mol. The van der Waals surface area contributed by atoms with Crippen molar-refractivity contribution in [2.45, 2.75) is 45.4 Å². The van der Waals surface area contributed by atoms with Crippen LogP contribution in [0.5, 0.6) is 5.75 Å². The molecule has 1 amide bonds. The molecule has 1 saturated heterocycles. The van der Waals surface area contributed by atoms with Gasteiger partial charge in [0, 0.05) is 13.1 Å². The third-order valence-electron chi connectivity index (χ3n) is 4.50. The Labute approximate surface area is 143 Å². The Morgan fingerprint density at radius 1 is 1.17 bits per heavy atom. The van der Waals surface area contributed by atoms with E-state index in [0.717, 1.165) is 5.75 Å². The highest BCUT2D eigenvalue weighted by Gasteiger charge is 2.26. The summed E-state index contributed by atoms with van der Waals surface area (Å²) in [5.41, 5.74) is 1.35. The first kappa shape index (κ1) is 18.3. The molecule has 0 spiro atoms. The molecule has 24 heavy (non-hydrogen) atoms. The topological polar surface area (TPSA) is 66.8 Å². The maximum absolute atomic E-state index is 12.1. The average Bonchev–Trinajstić information content (AvgIpc) is 2.54. The van der Waals surface area contributed by atoms with E-state index in [2.05, 4.69) is 20.8 Å². The number of hydrogen-bond acceptors (Lipinski definition) is 3. The number of likely N-dealkylation sites (tertiary alicyclic amines) is 1. The molecule has 0 atom stereocenters. The molecule has 0 aliphatic carbocycles. The minimum atomic E-state index is -0.760. The predicted molar refractivity (Wildman–Crippen MR) is 92.2 cm³/mol. The standard InChI is InChI=1S/C19H27NO4/c1-19(2,3)15-4-6-16(7-5-15)24-13-10-17(21)20-11-8-14(9-12-20)18(22)23/h4-7,14H,8-13H2,1-3H3,(H,22,23). The van der Waals surface area contributed by atoms with Gasteiger partial charge in [-0.25, -0.2) is 0 Å². The van der Waals surface area contributed by atoms with Crippen LogP contribution < -0.4 is 4.74 Å². The lowest BCUT2D eigenvalue weighted by Gasteiger charge is -2.30. The molecule has 1 heterocycles. The van der Waals surface area contributed by atoms with Crippen molar-refractivity contribution >= 4 is 11.9 Å². The number of carbonyl (C=O) groups is 2. The molecule has 1 fully saturated rings. The van der Waals surface area contributed by atoms with Gasteiger partial charge < -0.3 is 14.7 Å². The van der Waals surface area contributed by atoms with Gasteiger partial charge in [-0.05, 0) is 36.0 Å². The predicted octanol–water partition coefficient (Wildman–Crippen LogP) is 3.08. The Bertz CT molecular complexity index is 566.